The van der Waals surface area contributed by atoms with Crippen molar-refractivity contribution in [3.05, 3.63) is 94.0 Å². The Morgan fingerprint density at radius 1 is 0.976 bits per heavy atom. The molecular weight excluding hydrogens is 569 g/mol. The lowest BCUT2D eigenvalue weighted by atomic mass is 10.1. The number of amides is 2. The van der Waals surface area contributed by atoms with Gasteiger partial charge in [0.25, 0.3) is 0 Å². The van der Waals surface area contributed by atoms with Crippen molar-refractivity contribution in [2.45, 2.75) is 27.1 Å². The first-order chi connectivity index (χ1) is 20.0. The molecule has 2 heterocycles. The monoisotopic (exact) mass is 594 g/mol. The molecule has 2 aromatic heterocycles. The molecule has 0 fully saturated rings. The number of thiazole rings is 1. The molecule has 9 nitrogen and oxygen atoms in total. The molecule has 2 amide bonds. The number of aromatic nitrogens is 4. The van der Waals surface area contributed by atoms with E-state index < -0.39 is 12.4 Å². The summed E-state index contributed by atoms with van der Waals surface area (Å²) in [5, 5.41) is 9.13. The lowest BCUT2D eigenvalue weighted by Gasteiger charge is -2.15. The SMILES string of the molecule is COc1cc(C)c(-n2c(C)cs/c2=N\C(=O)Nc2ccc(-c3ncn(-c4ccc(OC(F)(F)F)cc4)n3)cc2)c(C)c1. The Labute approximate surface area is 242 Å². The largest absolute Gasteiger partial charge is 0.573 e. The molecule has 0 aliphatic heterocycles. The van der Waals surface area contributed by atoms with Gasteiger partial charge in [-0.1, -0.05) is 0 Å². The number of anilines is 1. The number of urea groups is 1. The van der Waals surface area contributed by atoms with Crippen LogP contribution in [0.4, 0.5) is 23.7 Å². The van der Waals surface area contributed by atoms with E-state index in [9.17, 15) is 18.0 Å². The van der Waals surface area contributed by atoms with Crippen molar-refractivity contribution in [1.29, 1.82) is 0 Å². The zero-order valence-corrected chi connectivity index (χ0v) is 23.7. The van der Waals surface area contributed by atoms with Gasteiger partial charge in [0.1, 0.15) is 17.8 Å². The molecule has 0 bridgehead atoms. The van der Waals surface area contributed by atoms with Gasteiger partial charge in [-0.25, -0.2) is 14.5 Å². The van der Waals surface area contributed by atoms with Crippen molar-refractivity contribution in [2.75, 3.05) is 12.4 Å². The lowest BCUT2D eigenvalue weighted by molar-refractivity contribution is -0.274. The quantitative estimate of drug-likeness (QED) is 0.235. The van der Waals surface area contributed by atoms with Gasteiger partial charge in [-0.15, -0.1) is 29.6 Å². The Morgan fingerprint density at radius 2 is 1.64 bits per heavy atom. The number of hydrogen-bond acceptors (Lipinski definition) is 6. The molecule has 5 aromatic rings. The standard InChI is InChI=1S/C29H25F3N6O3S/c1-17-13-24(40-4)14-18(2)25(17)38-19(3)15-42-28(38)35-27(39)34-21-7-5-20(6-8-21)26-33-16-37(36-26)22-9-11-23(12-10-22)41-29(30,31)32/h5-16H,1-4H3,(H,34,39)/b35-28-. The molecule has 1 N–H and O–H groups in total. The van der Waals surface area contributed by atoms with E-state index in [0.29, 0.717) is 27.6 Å². The number of rotatable bonds is 6. The van der Waals surface area contributed by atoms with E-state index in [-0.39, 0.29) is 5.75 Å². The van der Waals surface area contributed by atoms with Crippen LogP contribution < -0.4 is 19.6 Å². The summed E-state index contributed by atoms with van der Waals surface area (Å²) in [6, 6.07) is 15.5. The predicted molar refractivity (Wildman–Crippen MR) is 152 cm³/mol. The smallest absolute Gasteiger partial charge is 0.497 e. The zero-order chi connectivity index (χ0) is 30.0. The van der Waals surface area contributed by atoms with Crippen LogP contribution in [0.1, 0.15) is 16.8 Å². The average Bonchev–Trinajstić information content (AvgIpc) is 3.56. The van der Waals surface area contributed by atoms with E-state index in [1.165, 1.54) is 46.6 Å². The van der Waals surface area contributed by atoms with E-state index in [1.54, 1.807) is 31.4 Å². The summed E-state index contributed by atoms with van der Waals surface area (Å²) in [6.07, 6.45) is -3.31. The van der Waals surface area contributed by atoms with Crippen molar-refractivity contribution < 1.29 is 27.4 Å². The molecule has 0 radical (unpaired) electrons. The number of hydrogen-bond donors (Lipinski definition) is 1. The first kappa shape index (κ1) is 28.6. The number of methoxy groups -OCH3 is 1. The maximum atomic E-state index is 12.9. The van der Waals surface area contributed by atoms with Crippen LogP contribution in [-0.4, -0.2) is 38.8 Å². The van der Waals surface area contributed by atoms with Gasteiger partial charge >= 0.3 is 12.4 Å². The van der Waals surface area contributed by atoms with Crippen molar-refractivity contribution in [3.63, 3.8) is 0 Å². The van der Waals surface area contributed by atoms with Crippen molar-refractivity contribution in [3.8, 4) is 34.3 Å². The highest BCUT2D eigenvalue weighted by Gasteiger charge is 2.31. The van der Waals surface area contributed by atoms with Gasteiger partial charge in [0.05, 0.1) is 18.5 Å². The van der Waals surface area contributed by atoms with Gasteiger partial charge in [0.2, 0.25) is 0 Å². The van der Waals surface area contributed by atoms with Crippen LogP contribution in [0, 0.1) is 20.8 Å². The summed E-state index contributed by atoms with van der Waals surface area (Å²) in [5.74, 6) is 0.831. The minimum atomic E-state index is -4.76. The number of aryl methyl sites for hydroxylation is 3. The maximum Gasteiger partial charge on any atom is 0.573 e. The third-order valence-electron chi connectivity index (χ3n) is 6.22. The molecule has 0 aliphatic carbocycles. The average molecular weight is 595 g/mol. The zero-order valence-electron chi connectivity index (χ0n) is 22.9. The number of benzene rings is 3. The number of ether oxygens (including phenoxy) is 2. The number of nitrogens with one attached hydrogen (secondary N) is 1. The molecule has 0 saturated heterocycles. The van der Waals surface area contributed by atoms with Crippen LogP contribution in [0.3, 0.4) is 0 Å². The topological polar surface area (TPSA) is 95.6 Å². The number of alkyl halides is 3. The van der Waals surface area contributed by atoms with Gasteiger partial charge in [-0.2, -0.15) is 4.99 Å². The minimum absolute atomic E-state index is 0.328. The Bertz CT molecular complexity index is 1780. The lowest BCUT2D eigenvalue weighted by Crippen LogP contribution is -2.20. The number of carbonyl (C=O) groups is 1. The fraction of sp³-hybridized carbons (Fsp3) is 0.172. The second-order valence-electron chi connectivity index (χ2n) is 9.28. The second kappa shape index (κ2) is 11.5. The Morgan fingerprint density at radius 3 is 2.26 bits per heavy atom. The summed E-state index contributed by atoms with van der Waals surface area (Å²) in [4.78, 5) is 22.0. The number of halogens is 3. The molecule has 0 saturated carbocycles. The van der Waals surface area contributed by atoms with Gasteiger partial charge in [-0.3, -0.25) is 4.57 Å². The maximum absolute atomic E-state index is 12.9. The molecule has 0 aliphatic rings. The molecule has 13 heteroatoms. The predicted octanol–water partition coefficient (Wildman–Crippen LogP) is 6.75. The van der Waals surface area contributed by atoms with Crippen LogP contribution >= 0.6 is 11.3 Å². The minimum Gasteiger partial charge on any atom is -0.497 e. The molecular formula is C29H25F3N6O3S. The van der Waals surface area contributed by atoms with E-state index in [0.717, 1.165) is 28.3 Å². The molecule has 0 atom stereocenters. The van der Waals surface area contributed by atoms with E-state index >= 15 is 0 Å². The molecule has 3 aromatic carbocycles. The van der Waals surface area contributed by atoms with Crippen LogP contribution in [0.2, 0.25) is 0 Å². The first-order valence-electron chi connectivity index (χ1n) is 12.6. The normalized spacial score (nSPS) is 11.9. The summed E-state index contributed by atoms with van der Waals surface area (Å²) in [5.41, 5.74) is 5.60. The van der Waals surface area contributed by atoms with Gasteiger partial charge in [0.15, 0.2) is 10.6 Å². The Kier molecular flexibility index (Phi) is 7.85. The summed E-state index contributed by atoms with van der Waals surface area (Å²) >= 11 is 1.37. The highest BCUT2D eigenvalue weighted by molar-refractivity contribution is 7.07. The molecule has 0 unspecified atom stereocenters. The van der Waals surface area contributed by atoms with E-state index in [1.807, 2.05) is 42.9 Å². The molecule has 5 rings (SSSR count). The number of carbonyl (C=O) groups excluding carboxylic acids is 1. The van der Waals surface area contributed by atoms with Crippen molar-refractivity contribution in [1.82, 2.24) is 19.3 Å². The van der Waals surface area contributed by atoms with Gasteiger partial charge in [-0.05, 0) is 92.6 Å². The van der Waals surface area contributed by atoms with E-state index in [4.69, 9.17) is 4.74 Å². The van der Waals surface area contributed by atoms with Crippen molar-refractivity contribution in [2.24, 2.45) is 4.99 Å². The van der Waals surface area contributed by atoms with Gasteiger partial charge < -0.3 is 14.8 Å². The van der Waals surface area contributed by atoms with Gasteiger partial charge in [0, 0.05) is 22.3 Å². The third-order valence-corrected chi connectivity index (χ3v) is 7.16. The molecule has 0 spiro atoms. The summed E-state index contributed by atoms with van der Waals surface area (Å²) in [6.45, 7) is 5.94. The van der Waals surface area contributed by atoms with Crippen LogP contribution in [0.5, 0.6) is 11.5 Å². The van der Waals surface area contributed by atoms with Crippen LogP contribution in [-0.2, 0) is 0 Å². The summed E-state index contributed by atoms with van der Waals surface area (Å²) in [7, 11) is 1.63. The molecule has 216 valence electrons. The highest BCUT2D eigenvalue weighted by Crippen LogP contribution is 2.26. The summed E-state index contributed by atoms with van der Waals surface area (Å²) < 4.78 is 49.9. The fourth-order valence-electron chi connectivity index (χ4n) is 4.39. The van der Waals surface area contributed by atoms with Crippen molar-refractivity contribution >= 4 is 23.1 Å². The Balaban J connectivity index is 1.30. The Hall–Kier alpha value is -4.91. The fourth-order valence-corrected chi connectivity index (χ4v) is 5.25. The van der Waals surface area contributed by atoms with E-state index in [2.05, 4.69) is 25.1 Å². The first-order valence-corrected chi connectivity index (χ1v) is 13.5. The highest BCUT2D eigenvalue weighted by atomic mass is 32.1. The van der Waals surface area contributed by atoms with Crippen LogP contribution in [0.25, 0.3) is 22.8 Å². The number of nitrogens with zero attached hydrogens (tertiary/aromatic N) is 5. The third kappa shape index (κ3) is 6.36. The second-order valence-corrected chi connectivity index (χ2v) is 10.1. The molecule has 42 heavy (non-hydrogen) atoms. The van der Waals surface area contributed by atoms with Crippen LogP contribution in [0.15, 0.2) is 77.4 Å².